The fourth-order valence-electron chi connectivity index (χ4n) is 0.660. The van der Waals surface area contributed by atoms with Crippen LogP contribution in [0.25, 0.3) is 0 Å². The van der Waals surface area contributed by atoms with Crippen molar-refractivity contribution in [3.05, 3.63) is 9.68 Å². The van der Waals surface area contributed by atoms with E-state index in [1.807, 2.05) is 6.07 Å². The van der Waals surface area contributed by atoms with Gasteiger partial charge in [-0.2, -0.15) is 10.4 Å². The van der Waals surface area contributed by atoms with Crippen LogP contribution in [0.1, 0.15) is 4.88 Å². The maximum atomic E-state index is 8.54. The molecule has 1 aromatic heterocycles. The lowest BCUT2D eigenvalue weighted by atomic mass is 10.5. The molecule has 0 fully saturated rings. The highest BCUT2D eigenvalue weighted by Gasteiger charge is 2.05. The number of nitrogens with zero attached hydrogens (tertiary/aromatic N) is 3. The van der Waals surface area contributed by atoms with E-state index < -0.39 is 0 Å². The standard InChI is InChI=1S/C5H7N5S/c1-10-4(7)3(2-6)11-5(10)9-8/h7-8H2,1H3/b9-5+. The average Bonchev–Trinajstić information content (AvgIpc) is 2.30. The largest absolute Gasteiger partial charge is 0.383 e. The van der Waals surface area contributed by atoms with Crippen LogP contribution in [0.3, 0.4) is 0 Å². The highest BCUT2D eigenvalue weighted by Crippen LogP contribution is 2.10. The number of rotatable bonds is 0. The molecule has 0 aliphatic rings. The monoisotopic (exact) mass is 169 g/mol. The van der Waals surface area contributed by atoms with Gasteiger partial charge in [0.2, 0.25) is 4.80 Å². The number of aromatic nitrogens is 1. The van der Waals surface area contributed by atoms with Gasteiger partial charge in [0.15, 0.2) is 0 Å². The summed E-state index contributed by atoms with van der Waals surface area (Å²) < 4.78 is 1.57. The van der Waals surface area contributed by atoms with Crippen molar-refractivity contribution in [2.24, 2.45) is 18.0 Å². The summed E-state index contributed by atoms with van der Waals surface area (Å²) in [5.74, 6) is 5.44. The van der Waals surface area contributed by atoms with E-state index in [-0.39, 0.29) is 0 Å². The molecular weight excluding hydrogens is 162 g/mol. The van der Waals surface area contributed by atoms with Gasteiger partial charge in [0.25, 0.3) is 0 Å². The first-order valence-electron chi connectivity index (χ1n) is 2.80. The van der Waals surface area contributed by atoms with Crippen molar-refractivity contribution in [3.63, 3.8) is 0 Å². The van der Waals surface area contributed by atoms with Gasteiger partial charge in [-0.25, -0.2) is 0 Å². The molecule has 0 saturated heterocycles. The third kappa shape index (κ3) is 1.06. The number of hydrogen-bond acceptors (Lipinski definition) is 5. The highest BCUT2D eigenvalue weighted by molar-refractivity contribution is 7.10. The Morgan fingerprint density at radius 1 is 1.73 bits per heavy atom. The van der Waals surface area contributed by atoms with Gasteiger partial charge in [0.05, 0.1) is 0 Å². The fraction of sp³-hybridized carbons (Fsp3) is 0.200. The minimum atomic E-state index is 0.404. The van der Waals surface area contributed by atoms with E-state index in [4.69, 9.17) is 16.8 Å². The molecule has 0 radical (unpaired) electrons. The highest BCUT2D eigenvalue weighted by atomic mass is 32.1. The minimum Gasteiger partial charge on any atom is -0.383 e. The Balaban J connectivity index is 3.51. The third-order valence-electron chi connectivity index (χ3n) is 1.29. The van der Waals surface area contributed by atoms with Crippen molar-refractivity contribution >= 4 is 17.2 Å². The number of nitrogens with two attached hydrogens (primary N) is 2. The van der Waals surface area contributed by atoms with Crippen LogP contribution in [0.4, 0.5) is 5.82 Å². The molecule has 0 spiro atoms. The van der Waals surface area contributed by atoms with Crippen LogP contribution in [0.2, 0.25) is 0 Å². The Morgan fingerprint density at radius 3 is 2.64 bits per heavy atom. The zero-order chi connectivity index (χ0) is 8.43. The molecule has 0 bridgehead atoms. The Bertz CT molecular complexity index is 365. The summed E-state index contributed by atoms with van der Waals surface area (Å²) in [6.07, 6.45) is 0. The van der Waals surface area contributed by atoms with Crippen molar-refractivity contribution in [3.8, 4) is 6.07 Å². The summed E-state index contributed by atoms with van der Waals surface area (Å²) in [5, 5.41) is 12.0. The predicted molar refractivity (Wildman–Crippen MR) is 42.2 cm³/mol. The molecule has 0 atom stereocenters. The summed E-state index contributed by atoms with van der Waals surface area (Å²) in [6, 6.07) is 1.95. The number of hydrogen-bond donors (Lipinski definition) is 2. The molecule has 11 heavy (non-hydrogen) atoms. The SMILES string of the molecule is Cn1c(N)c(C#N)s/c1=N/N. The lowest BCUT2D eigenvalue weighted by Gasteiger charge is -1.91. The van der Waals surface area contributed by atoms with Gasteiger partial charge in [-0.15, -0.1) is 0 Å². The first-order chi connectivity index (χ1) is 5.20. The van der Waals surface area contributed by atoms with Gasteiger partial charge in [0.1, 0.15) is 16.8 Å². The molecule has 1 aromatic rings. The molecule has 4 N–H and O–H groups in total. The fourth-order valence-corrected chi connectivity index (χ4v) is 1.42. The smallest absolute Gasteiger partial charge is 0.210 e. The Labute approximate surface area is 67.2 Å². The van der Waals surface area contributed by atoms with Crippen molar-refractivity contribution < 1.29 is 0 Å². The zero-order valence-electron chi connectivity index (χ0n) is 5.90. The van der Waals surface area contributed by atoms with Gasteiger partial charge < -0.3 is 16.1 Å². The van der Waals surface area contributed by atoms with Gasteiger partial charge in [-0.1, -0.05) is 11.3 Å². The van der Waals surface area contributed by atoms with E-state index in [9.17, 15) is 0 Å². The molecule has 6 heteroatoms. The molecule has 1 heterocycles. The second-order valence-electron chi connectivity index (χ2n) is 1.90. The van der Waals surface area contributed by atoms with E-state index in [2.05, 4.69) is 5.10 Å². The summed E-state index contributed by atoms with van der Waals surface area (Å²) in [5.41, 5.74) is 5.52. The molecule has 0 saturated carbocycles. The quantitative estimate of drug-likeness (QED) is 0.398. The number of anilines is 1. The van der Waals surface area contributed by atoms with E-state index in [0.717, 1.165) is 0 Å². The van der Waals surface area contributed by atoms with Crippen LogP contribution >= 0.6 is 11.3 Å². The molecular formula is C5H7N5S. The number of nitrogen functional groups attached to an aromatic ring is 1. The summed E-state index contributed by atoms with van der Waals surface area (Å²) in [6.45, 7) is 0. The maximum absolute atomic E-state index is 8.54. The maximum Gasteiger partial charge on any atom is 0.210 e. The second-order valence-corrected chi connectivity index (χ2v) is 2.88. The molecule has 58 valence electrons. The van der Waals surface area contributed by atoms with Crippen molar-refractivity contribution in [1.29, 1.82) is 5.26 Å². The second kappa shape index (κ2) is 2.64. The number of thiazole rings is 1. The van der Waals surface area contributed by atoms with Crippen LogP contribution in [0.15, 0.2) is 5.10 Å². The lowest BCUT2D eigenvalue weighted by Crippen LogP contribution is -2.14. The first-order valence-corrected chi connectivity index (χ1v) is 3.61. The summed E-state index contributed by atoms with van der Waals surface area (Å²) >= 11 is 1.17. The van der Waals surface area contributed by atoms with Crippen molar-refractivity contribution in [2.45, 2.75) is 0 Å². The average molecular weight is 169 g/mol. The molecule has 5 nitrogen and oxygen atoms in total. The molecule has 0 aromatic carbocycles. The summed E-state index contributed by atoms with van der Waals surface area (Å²) in [7, 11) is 1.71. The molecule has 0 amide bonds. The topological polar surface area (TPSA) is 93.1 Å². The molecule has 0 aliphatic carbocycles. The van der Waals surface area contributed by atoms with E-state index in [1.165, 1.54) is 11.3 Å². The van der Waals surface area contributed by atoms with Crippen LogP contribution in [0, 0.1) is 11.3 Å². The first kappa shape index (κ1) is 7.63. The van der Waals surface area contributed by atoms with Crippen LogP contribution < -0.4 is 16.4 Å². The lowest BCUT2D eigenvalue weighted by molar-refractivity contribution is 0.865. The Hall–Kier alpha value is -1.48. The van der Waals surface area contributed by atoms with Crippen molar-refractivity contribution in [2.75, 3.05) is 5.73 Å². The summed E-state index contributed by atoms with van der Waals surface area (Å²) in [4.78, 5) is 0.982. The van der Waals surface area contributed by atoms with Crippen LogP contribution in [0.5, 0.6) is 0 Å². The molecule has 1 rings (SSSR count). The number of nitriles is 1. The molecule has 0 aliphatic heterocycles. The van der Waals surface area contributed by atoms with Crippen molar-refractivity contribution in [1.82, 2.24) is 4.57 Å². The van der Waals surface area contributed by atoms with Gasteiger partial charge in [0, 0.05) is 7.05 Å². The minimum absolute atomic E-state index is 0.404. The van der Waals surface area contributed by atoms with Gasteiger partial charge >= 0.3 is 0 Å². The Kier molecular flexibility index (Phi) is 1.83. The van der Waals surface area contributed by atoms with E-state index in [1.54, 1.807) is 11.6 Å². The van der Waals surface area contributed by atoms with Crippen LogP contribution in [-0.4, -0.2) is 4.57 Å². The van der Waals surface area contributed by atoms with E-state index in [0.29, 0.717) is 15.5 Å². The Morgan fingerprint density at radius 2 is 2.36 bits per heavy atom. The van der Waals surface area contributed by atoms with Crippen LogP contribution in [-0.2, 0) is 7.05 Å². The van der Waals surface area contributed by atoms with E-state index >= 15 is 0 Å². The molecule has 0 unspecified atom stereocenters. The predicted octanol–water partition coefficient (Wildman–Crippen LogP) is -0.685. The normalized spacial score (nSPS) is 11.5. The van der Waals surface area contributed by atoms with Gasteiger partial charge in [-0.05, 0) is 0 Å². The van der Waals surface area contributed by atoms with Gasteiger partial charge in [-0.3, -0.25) is 0 Å². The third-order valence-corrected chi connectivity index (χ3v) is 2.35. The zero-order valence-corrected chi connectivity index (χ0v) is 6.72.